The van der Waals surface area contributed by atoms with Gasteiger partial charge in [0.1, 0.15) is 17.4 Å². The second kappa shape index (κ2) is 6.98. The van der Waals surface area contributed by atoms with Crippen molar-refractivity contribution < 1.29 is 4.74 Å². The molecule has 0 unspecified atom stereocenters. The number of fused-ring (bicyclic) bond motifs is 3. The van der Waals surface area contributed by atoms with E-state index in [0.29, 0.717) is 11.3 Å². The molecule has 0 radical (unpaired) electrons. The first kappa shape index (κ1) is 19.1. The van der Waals surface area contributed by atoms with Gasteiger partial charge in [-0.2, -0.15) is 5.26 Å². The first-order chi connectivity index (χ1) is 13.8. The Labute approximate surface area is 176 Å². The van der Waals surface area contributed by atoms with Crippen LogP contribution in [0.15, 0.2) is 63.2 Å². The zero-order valence-electron chi connectivity index (χ0n) is 16.2. The number of aromatic nitrogens is 1. The topological polar surface area (TPSA) is 84.3 Å². The molecule has 1 aliphatic heterocycles. The molecule has 1 atom stereocenters. The van der Waals surface area contributed by atoms with Gasteiger partial charge in [0.2, 0.25) is 5.88 Å². The molecule has 0 bridgehead atoms. The van der Waals surface area contributed by atoms with Crippen LogP contribution in [0.2, 0.25) is 0 Å². The van der Waals surface area contributed by atoms with Gasteiger partial charge in [-0.15, -0.1) is 0 Å². The largest absolute Gasteiger partial charge is 0.439 e. The number of nitriles is 1. The Bertz CT molecular complexity index is 1280. The van der Waals surface area contributed by atoms with Crippen LogP contribution in [-0.2, 0) is 7.05 Å². The van der Waals surface area contributed by atoms with E-state index < -0.39 is 5.92 Å². The highest BCUT2D eigenvalue weighted by molar-refractivity contribution is 9.10. The number of nitrogens with zero attached hydrogens (tertiary/aromatic N) is 3. The summed E-state index contributed by atoms with van der Waals surface area (Å²) in [4.78, 5) is 15.3. The van der Waals surface area contributed by atoms with Crippen LogP contribution in [0.4, 0.5) is 5.69 Å². The number of rotatable bonds is 2. The number of aryl methyl sites for hydroxylation is 1. The predicted molar refractivity (Wildman–Crippen MR) is 117 cm³/mol. The molecule has 0 fully saturated rings. The zero-order chi connectivity index (χ0) is 20.9. The van der Waals surface area contributed by atoms with Crippen molar-refractivity contribution in [1.82, 2.24) is 4.57 Å². The molecule has 0 spiro atoms. The summed E-state index contributed by atoms with van der Waals surface area (Å²) >= 11 is 3.60. The number of nitrogens with two attached hydrogens (primary N) is 1. The molecule has 6 nitrogen and oxygen atoms in total. The molecule has 146 valence electrons. The zero-order valence-corrected chi connectivity index (χ0v) is 17.8. The lowest BCUT2D eigenvalue weighted by molar-refractivity contribution is 0.396. The molecular weight excluding hydrogens is 432 g/mol. The SMILES string of the molecule is CN(C)c1ccc([C@H]2C(C#N)=C(N)Oc3c2c(=O)n(C)c2ccccc32)cc1Br. The van der Waals surface area contributed by atoms with E-state index in [4.69, 9.17) is 10.5 Å². The standard InChI is InChI=1S/C22H19BrN4O2/c1-26(2)17-9-8-12(10-15(17)23)18-14(11-24)21(25)29-20-13-6-4-5-7-16(13)27(3)22(28)19(18)20/h4-10,18H,25H2,1-3H3/t18-/m0/s1. The van der Waals surface area contributed by atoms with Gasteiger partial charge in [-0.25, -0.2) is 0 Å². The molecule has 2 N–H and O–H groups in total. The van der Waals surface area contributed by atoms with Crippen LogP contribution in [0.25, 0.3) is 10.9 Å². The van der Waals surface area contributed by atoms with Gasteiger partial charge in [-0.3, -0.25) is 4.79 Å². The van der Waals surface area contributed by atoms with Crippen molar-refractivity contribution >= 4 is 32.5 Å². The minimum Gasteiger partial charge on any atom is -0.439 e. The number of hydrogen-bond donors (Lipinski definition) is 1. The summed E-state index contributed by atoms with van der Waals surface area (Å²) in [6.07, 6.45) is 0. The lowest BCUT2D eigenvalue weighted by Crippen LogP contribution is -2.31. The minimum absolute atomic E-state index is 0.0243. The fourth-order valence-electron chi connectivity index (χ4n) is 3.82. The number of ether oxygens (including phenoxy) is 1. The molecule has 0 amide bonds. The highest BCUT2D eigenvalue weighted by Crippen LogP contribution is 2.44. The number of halogens is 1. The van der Waals surface area contributed by atoms with Gasteiger partial charge in [0.25, 0.3) is 5.56 Å². The van der Waals surface area contributed by atoms with Crippen LogP contribution in [0.3, 0.4) is 0 Å². The third-order valence-corrected chi connectivity index (χ3v) is 5.89. The van der Waals surface area contributed by atoms with Crippen molar-refractivity contribution in [2.45, 2.75) is 5.92 Å². The van der Waals surface area contributed by atoms with Crippen LogP contribution in [0, 0.1) is 11.3 Å². The van der Waals surface area contributed by atoms with Crippen molar-refractivity contribution in [3.63, 3.8) is 0 Å². The van der Waals surface area contributed by atoms with Crippen LogP contribution < -0.4 is 20.9 Å². The molecule has 0 aliphatic carbocycles. The summed E-state index contributed by atoms with van der Waals surface area (Å²) in [5.74, 6) is -0.172. The number of anilines is 1. The molecule has 2 heterocycles. The molecule has 3 aromatic rings. The van der Waals surface area contributed by atoms with Gasteiger partial charge in [-0.05, 0) is 45.8 Å². The average molecular weight is 451 g/mol. The molecule has 7 heteroatoms. The molecule has 0 saturated heterocycles. The molecule has 0 saturated carbocycles. The second-order valence-electron chi connectivity index (χ2n) is 7.15. The summed E-state index contributed by atoms with van der Waals surface area (Å²) in [7, 11) is 5.62. The summed E-state index contributed by atoms with van der Waals surface area (Å²) in [5.41, 5.74) is 9.09. The molecule has 4 rings (SSSR count). The second-order valence-corrected chi connectivity index (χ2v) is 8.01. The van der Waals surface area contributed by atoms with Crippen LogP contribution in [0.1, 0.15) is 17.0 Å². The molecule has 1 aliphatic rings. The number of benzene rings is 2. The van der Waals surface area contributed by atoms with Gasteiger partial charge in [0.05, 0.1) is 22.7 Å². The summed E-state index contributed by atoms with van der Waals surface area (Å²) in [6.45, 7) is 0. The van der Waals surface area contributed by atoms with Crippen LogP contribution in [-0.4, -0.2) is 18.7 Å². The van der Waals surface area contributed by atoms with Gasteiger partial charge in [0.15, 0.2) is 0 Å². The van der Waals surface area contributed by atoms with E-state index >= 15 is 0 Å². The van der Waals surface area contributed by atoms with E-state index in [-0.39, 0.29) is 17.0 Å². The van der Waals surface area contributed by atoms with Crippen molar-refractivity contribution in [1.29, 1.82) is 5.26 Å². The summed E-state index contributed by atoms with van der Waals surface area (Å²) in [6, 6.07) is 15.4. The van der Waals surface area contributed by atoms with E-state index in [2.05, 4.69) is 22.0 Å². The van der Waals surface area contributed by atoms with E-state index in [0.717, 1.165) is 26.6 Å². The maximum atomic E-state index is 13.3. The predicted octanol–water partition coefficient (Wildman–Crippen LogP) is 3.59. The Balaban J connectivity index is 2.07. The van der Waals surface area contributed by atoms with Gasteiger partial charge in [0, 0.05) is 31.0 Å². The molecular formula is C22H19BrN4O2. The van der Waals surface area contributed by atoms with Gasteiger partial charge in [-0.1, -0.05) is 18.2 Å². The van der Waals surface area contributed by atoms with Gasteiger partial charge < -0.3 is 19.9 Å². The van der Waals surface area contributed by atoms with E-state index in [1.807, 2.05) is 61.5 Å². The van der Waals surface area contributed by atoms with Gasteiger partial charge >= 0.3 is 0 Å². The maximum absolute atomic E-state index is 13.3. The normalized spacial score (nSPS) is 15.6. The summed E-state index contributed by atoms with van der Waals surface area (Å²) in [5, 5.41) is 10.6. The van der Waals surface area contributed by atoms with E-state index in [9.17, 15) is 10.1 Å². The fourth-order valence-corrected chi connectivity index (χ4v) is 4.58. The van der Waals surface area contributed by atoms with Crippen molar-refractivity contribution in [3.8, 4) is 11.8 Å². The Morgan fingerprint density at radius 2 is 1.97 bits per heavy atom. The Morgan fingerprint density at radius 3 is 2.62 bits per heavy atom. The molecule has 1 aromatic heterocycles. The Kier molecular flexibility index (Phi) is 4.59. The van der Waals surface area contributed by atoms with E-state index in [1.165, 1.54) is 0 Å². The lowest BCUT2D eigenvalue weighted by Gasteiger charge is -2.28. The number of para-hydroxylation sites is 1. The van der Waals surface area contributed by atoms with Crippen molar-refractivity contribution in [2.24, 2.45) is 12.8 Å². The summed E-state index contributed by atoms with van der Waals surface area (Å²) < 4.78 is 8.28. The Morgan fingerprint density at radius 1 is 1.24 bits per heavy atom. The quantitative estimate of drug-likeness (QED) is 0.644. The van der Waals surface area contributed by atoms with E-state index in [1.54, 1.807) is 11.6 Å². The number of hydrogen-bond acceptors (Lipinski definition) is 5. The maximum Gasteiger partial charge on any atom is 0.258 e. The van der Waals surface area contributed by atoms with Crippen LogP contribution in [0.5, 0.6) is 5.75 Å². The van der Waals surface area contributed by atoms with Crippen molar-refractivity contribution in [3.05, 3.63) is 79.9 Å². The number of allylic oxidation sites excluding steroid dienone is 1. The van der Waals surface area contributed by atoms with Crippen LogP contribution >= 0.6 is 15.9 Å². The molecule has 2 aromatic carbocycles. The monoisotopic (exact) mass is 450 g/mol. The average Bonchev–Trinajstić information content (AvgIpc) is 2.70. The minimum atomic E-state index is -0.612. The molecule has 29 heavy (non-hydrogen) atoms. The fraction of sp³-hybridized carbons (Fsp3) is 0.182. The Hall–Kier alpha value is -3.24. The smallest absolute Gasteiger partial charge is 0.258 e. The highest BCUT2D eigenvalue weighted by atomic mass is 79.9. The highest BCUT2D eigenvalue weighted by Gasteiger charge is 2.35. The first-order valence-corrected chi connectivity index (χ1v) is 9.80. The third-order valence-electron chi connectivity index (χ3n) is 5.25. The number of pyridine rings is 1. The first-order valence-electron chi connectivity index (χ1n) is 9.01. The lowest BCUT2D eigenvalue weighted by atomic mass is 9.83. The van der Waals surface area contributed by atoms with Crippen molar-refractivity contribution in [2.75, 3.05) is 19.0 Å². The third kappa shape index (κ3) is 2.88.